The second-order valence-electron chi connectivity index (χ2n) is 5.14. The molecular weight excluding hydrogens is 288 g/mol. The van der Waals surface area contributed by atoms with Crippen LogP contribution in [0.3, 0.4) is 0 Å². The minimum absolute atomic E-state index is 0.0953. The van der Waals surface area contributed by atoms with Crippen molar-refractivity contribution >= 4 is 28.2 Å². The molecule has 6 heteroatoms. The van der Waals surface area contributed by atoms with Gasteiger partial charge in [0.1, 0.15) is 5.00 Å². The fourth-order valence-electron chi connectivity index (χ4n) is 1.85. The van der Waals surface area contributed by atoms with Gasteiger partial charge < -0.3 is 15.8 Å². The van der Waals surface area contributed by atoms with Crippen LogP contribution in [0.25, 0.3) is 0 Å². The van der Waals surface area contributed by atoms with E-state index in [2.05, 4.69) is 5.32 Å². The summed E-state index contributed by atoms with van der Waals surface area (Å²) in [7, 11) is 0. The molecule has 0 aromatic carbocycles. The van der Waals surface area contributed by atoms with Crippen molar-refractivity contribution in [3.05, 3.63) is 16.0 Å². The molecule has 1 atom stereocenters. The molecule has 1 rings (SSSR count). The quantitative estimate of drug-likeness (QED) is 0.759. The summed E-state index contributed by atoms with van der Waals surface area (Å²) in [5, 5.41) is 3.41. The van der Waals surface area contributed by atoms with Crippen LogP contribution in [0.5, 0.6) is 0 Å². The number of anilines is 1. The molecule has 0 bridgehead atoms. The van der Waals surface area contributed by atoms with E-state index < -0.39 is 0 Å². The first-order valence-corrected chi connectivity index (χ1v) is 7.99. The maximum Gasteiger partial charge on any atom is 0.341 e. The lowest BCUT2D eigenvalue weighted by Crippen LogP contribution is -2.17. The predicted molar refractivity (Wildman–Crippen MR) is 85.8 cm³/mol. The van der Waals surface area contributed by atoms with Gasteiger partial charge in [0, 0.05) is 11.3 Å². The molecule has 0 aliphatic carbocycles. The number of thiophene rings is 1. The molecule has 1 aromatic rings. The second-order valence-corrected chi connectivity index (χ2v) is 6.36. The van der Waals surface area contributed by atoms with Crippen molar-refractivity contribution in [3.63, 3.8) is 0 Å². The van der Waals surface area contributed by atoms with Crippen LogP contribution in [-0.2, 0) is 9.53 Å². The van der Waals surface area contributed by atoms with Gasteiger partial charge in [-0.1, -0.05) is 6.92 Å². The van der Waals surface area contributed by atoms with Gasteiger partial charge >= 0.3 is 5.97 Å². The zero-order valence-corrected chi connectivity index (χ0v) is 13.9. The van der Waals surface area contributed by atoms with Gasteiger partial charge in [-0.15, -0.1) is 11.3 Å². The lowest BCUT2D eigenvalue weighted by Gasteiger charge is -2.09. The number of esters is 1. The minimum atomic E-state index is -0.384. The van der Waals surface area contributed by atoms with E-state index >= 15 is 0 Å². The summed E-state index contributed by atoms with van der Waals surface area (Å²) >= 11 is 1.41. The molecule has 118 valence electrons. The number of amides is 1. The van der Waals surface area contributed by atoms with E-state index in [1.54, 1.807) is 6.92 Å². The molecule has 5 nitrogen and oxygen atoms in total. The summed E-state index contributed by atoms with van der Waals surface area (Å²) in [6.07, 6.45) is 1.14. The summed E-state index contributed by atoms with van der Waals surface area (Å²) < 4.78 is 5.06. The van der Waals surface area contributed by atoms with Crippen LogP contribution < -0.4 is 11.1 Å². The fraction of sp³-hybridized carbons (Fsp3) is 0.600. The summed E-state index contributed by atoms with van der Waals surface area (Å²) in [5.74, 6) is -0.167. The van der Waals surface area contributed by atoms with Gasteiger partial charge in [0.2, 0.25) is 5.91 Å². The van der Waals surface area contributed by atoms with Crippen LogP contribution in [0.15, 0.2) is 0 Å². The predicted octanol–water partition coefficient (Wildman–Crippen LogP) is 2.86. The molecule has 1 amide bonds. The third-order valence-corrected chi connectivity index (χ3v) is 4.51. The van der Waals surface area contributed by atoms with Crippen LogP contribution >= 0.6 is 11.3 Å². The van der Waals surface area contributed by atoms with Crippen molar-refractivity contribution in [3.8, 4) is 0 Å². The van der Waals surface area contributed by atoms with E-state index in [9.17, 15) is 9.59 Å². The molecule has 0 aliphatic heterocycles. The van der Waals surface area contributed by atoms with Gasteiger partial charge in [-0.05, 0) is 45.2 Å². The summed E-state index contributed by atoms with van der Waals surface area (Å²) in [4.78, 5) is 25.0. The van der Waals surface area contributed by atoms with Crippen molar-refractivity contribution < 1.29 is 14.3 Å². The van der Waals surface area contributed by atoms with Gasteiger partial charge in [0.25, 0.3) is 0 Å². The van der Waals surface area contributed by atoms with E-state index in [1.165, 1.54) is 11.3 Å². The largest absolute Gasteiger partial charge is 0.462 e. The Morgan fingerprint density at radius 3 is 2.62 bits per heavy atom. The second kappa shape index (κ2) is 8.14. The highest BCUT2D eigenvalue weighted by atomic mass is 32.1. The van der Waals surface area contributed by atoms with E-state index in [0.717, 1.165) is 16.9 Å². The summed E-state index contributed by atoms with van der Waals surface area (Å²) in [5.41, 5.74) is 6.88. The molecule has 0 saturated carbocycles. The number of carbonyl (C=O) groups is 2. The first-order chi connectivity index (χ1) is 9.90. The van der Waals surface area contributed by atoms with Crippen molar-refractivity contribution in [2.45, 2.75) is 40.5 Å². The number of hydrogen-bond acceptors (Lipinski definition) is 5. The van der Waals surface area contributed by atoms with Crippen molar-refractivity contribution in [1.82, 2.24) is 0 Å². The number of nitrogens with two attached hydrogens (primary N) is 1. The Morgan fingerprint density at radius 1 is 1.38 bits per heavy atom. The van der Waals surface area contributed by atoms with E-state index in [1.807, 2.05) is 20.8 Å². The highest BCUT2D eigenvalue weighted by Gasteiger charge is 2.22. The number of rotatable bonds is 7. The Bertz CT molecular complexity index is 511. The number of aryl methyl sites for hydroxylation is 1. The Kier molecular flexibility index (Phi) is 6.84. The SMILES string of the molecule is CCOC(=O)c1c(NC(=O)CCC(C)CN)sc(C)c1C. The Balaban J connectivity index is 2.81. The minimum Gasteiger partial charge on any atom is -0.462 e. The zero-order chi connectivity index (χ0) is 16.0. The lowest BCUT2D eigenvalue weighted by atomic mass is 10.1. The highest BCUT2D eigenvalue weighted by Crippen LogP contribution is 2.33. The van der Waals surface area contributed by atoms with Crippen molar-refractivity contribution in [2.24, 2.45) is 11.7 Å². The smallest absolute Gasteiger partial charge is 0.341 e. The van der Waals surface area contributed by atoms with Gasteiger partial charge in [0.15, 0.2) is 0 Å². The van der Waals surface area contributed by atoms with Gasteiger partial charge in [-0.3, -0.25) is 4.79 Å². The molecule has 21 heavy (non-hydrogen) atoms. The molecule has 0 saturated heterocycles. The standard InChI is InChI=1S/C15H24N2O3S/c1-5-20-15(19)13-10(3)11(4)21-14(13)17-12(18)7-6-9(2)8-16/h9H,5-8,16H2,1-4H3,(H,17,18). The van der Waals surface area contributed by atoms with Gasteiger partial charge in [-0.2, -0.15) is 0 Å². The third kappa shape index (κ3) is 4.82. The van der Waals surface area contributed by atoms with E-state index in [0.29, 0.717) is 36.1 Å². The van der Waals surface area contributed by atoms with Crippen molar-refractivity contribution in [1.29, 1.82) is 0 Å². The van der Waals surface area contributed by atoms with Crippen LogP contribution in [0.1, 0.15) is 47.5 Å². The normalized spacial score (nSPS) is 12.0. The average Bonchev–Trinajstić information content (AvgIpc) is 2.71. The van der Waals surface area contributed by atoms with Gasteiger partial charge in [0.05, 0.1) is 12.2 Å². The summed E-state index contributed by atoms with van der Waals surface area (Å²) in [6.45, 7) is 8.45. The molecular formula is C15H24N2O3S. The van der Waals surface area contributed by atoms with Crippen LogP contribution in [0.4, 0.5) is 5.00 Å². The number of hydrogen-bond donors (Lipinski definition) is 2. The maximum absolute atomic E-state index is 12.0. The van der Waals surface area contributed by atoms with Crippen molar-refractivity contribution in [2.75, 3.05) is 18.5 Å². The molecule has 1 heterocycles. The molecule has 0 spiro atoms. The number of ether oxygens (including phenoxy) is 1. The highest BCUT2D eigenvalue weighted by molar-refractivity contribution is 7.16. The Labute approximate surface area is 129 Å². The van der Waals surface area contributed by atoms with E-state index in [-0.39, 0.29) is 11.9 Å². The Hall–Kier alpha value is -1.40. The zero-order valence-electron chi connectivity index (χ0n) is 13.1. The number of carbonyl (C=O) groups excluding carboxylic acids is 2. The molecule has 1 unspecified atom stereocenters. The molecule has 0 fully saturated rings. The number of nitrogens with one attached hydrogen (secondary N) is 1. The fourth-order valence-corrected chi connectivity index (χ4v) is 2.91. The topological polar surface area (TPSA) is 81.4 Å². The first-order valence-electron chi connectivity index (χ1n) is 7.17. The maximum atomic E-state index is 12.0. The van der Waals surface area contributed by atoms with E-state index in [4.69, 9.17) is 10.5 Å². The third-order valence-electron chi connectivity index (χ3n) is 3.38. The van der Waals surface area contributed by atoms with Crippen LogP contribution in [0, 0.1) is 19.8 Å². The van der Waals surface area contributed by atoms with Crippen LogP contribution in [-0.4, -0.2) is 25.0 Å². The monoisotopic (exact) mass is 312 g/mol. The Morgan fingerprint density at radius 2 is 2.05 bits per heavy atom. The molecule has 1 aromatic heterocycles. The van der Waals surface area contributed by atoms with Crippen LogP contribution in [0.2, 0.25) is 0 Å². The average molecular weight is 312 g/mol. The molecule has 0 radical (unpaired) electrons. The summed E-state index contributed by atoms with van der Waals surface area (Å²) in [6, 6.07) is 0. The van der Waals surface area contributed by atoms with Gasteiger partial charge in [-0.25, -0.2) is 4.79 Å². The molecule has 3 N–H and O–H groups in total. The molecule has 0 aliphatic rings. The first kappa shape index (κ1) is 17.7. The lowest BCUT2D eigenvalue weighted by molar-refractivity contribution is -0.116.